The van der Waals surface area contributed by atoms with E-state index >= 15 is 0 Å². The maximum Gasteiger partial charge on any atom is 0.323 e. The van der Waals surface area contributed by atoms with E-state index in [2.05, 4.69) is 0 Å². The third-order valence-electron chi connectivity index (χ3n) is 3.02. The Bertz CT molecular complexity index is 493. The van der Waals surface area contributed by atoms with E-state index in [4.69, 9.17) is 10.2 Å². The fourth-order valence-corrected chi connectivity index (χ4v) is 1.67. The van der Waals surface area contributed by atoms with Crippen molar-refractivity contribution in [3.63, 3.8) is 0 Å². The molecule has 0 saturated carbocycles. The van der Waals surface area contributed by atoms with Gasteiger partial charge < -0.3 is 15.1 Å². The van der Waals surface area contributed by atoms with Crippen LogP contribution < -0.4 is 0 Å². The Kier molecular flexibility index (Phi) is 5.77. The average molecular weight is 277 g/mol. The second kappa shape index (κ2) is 7.33. The summed E-state index contributed by atoms with van der Waals surface area (Å²) in [5.41, 5.74) is 0.760. The second-order valence-corrected chi connectivity index (χ2v) is 4.54. The van der Waals surface area contributed by atoms with Gasteiger partial charge in [-0.25, -0.2) is 0 Å². The van der Waals surface area contributed by atoms with E-state index < -0.39 is 5.97 Å². The van der Waals surface area contributed by atoms with E-state index in [1.807, 2.05) is 13.8 Å². The molecule has 0 aliphatic rings. The zero-order valence-electron chi connectivity index (χ0n) is 11.6. The number of aliphatic carboxylic acids is 1. The highest BCUT2D eigenvalue weighted by Gasteiger charge is 2.19. The molecule has 5 heteroatoms. The Labute approximate surface area is 118 Å². The summed E-state index contributed by atoms with van der Waals surface area (Å²) < 4.78 is 0. The molecule has 0 radical (unpaired) electrons. The predicted molar refractivity (Wildman–Crippen MR) is 76.2 cm³/mol. The van der Waals surface area contributed by atoms with Crippen LogP contribution in [0.15, 0.2) is 30.3 Å². The highest BCUT2D eigenvalue weighted by molar-refractivity contribution is 5.93. The minimum Gasteiger partial charge on any atom is -0.508 e. The van der Waals surface area contributed by atoms with E-state index in [1.54, 1.807) is 18.2 Å². The topological polar surface area (TPSA) is 77.8 Å². The van der Waals surface area contributed by atoms with E-state index in [1.165, 1.54) is 23.1 Å². The van der Waals surface area contributed by atoms with Crippen molar-refractivity contribution in [2.24, 2.45) is 0 Å². The molecule has 1 aromatic carbocycles. The lowest BCUT2D eigenvalue weighted by Gasteiger charge is -2.25. The van der Waals surface area contributed by atoms with Gasteiger partial charge in [-0.3, -0.25) is 9.59 Å². The average Bonchev–Trinajstić information content (AvgIpc) is 2.42. The molecule has 1 rings (SSSR count). The number of hydrogen-bond donors (Lipinski definition) is 2. The number of benzene rings is 1. The molecule has 1 atom stereocenters. The fraction of sp³-hybridized carbons (Fsp3) is 0.333. The number of carbonyl (C=O) groups excluding carboxylic acids is 1. The molecular formula is C15H19NO4. The maximum absolute atomic E-state index is 12.0. The van der Waals surface area contributed by atoms with Crippen LogP contribution >= 0.6 is 0 Å². The zero-order chi connectivity index (χ0) is 15.1. The highest BCUT2D eigenvalue weighted by Crippen LogP contribution is 2.11. The van der Waals surface area contributed by atoms with Gasteiger partial charge in [0.05, 0.1) is 0 Å². The first kappa shape index (κ1) is 15.8. The summed E-state index contributed by atoms with van der Waals surface area (Å²) in [6, 6.07) is 6.25. The lowest BCUT2D eigenvalue weighted by Crippen LogP contribution is -2.40. The van der Waals surface area contributed by atoms with Crippen LogP contribution in [-0.4, -0.2) is 39.6 Å². The molecule has 108 valence electrons. The molecule has 0 spiro atoms. The van der Waals surface area contributed by atoms with Gasteiger partial charge in [-0.15, -0.1) is 0 Å². The summed E-state index contributed by atoms with van der Waals surface area (Å²) in [5.74, 6) is -1.22. The number of hydrogen-bond acceptors (Lipinski definition) is 3. The van der Waals surface area contributed by atoms with Crippen molar-refractivity contribution in [3.05, 3.63) is 35.9 Å². The van der Waals surface area contributed by atoms with Crippen LogP contribution in [0.2, 0.25) is 0 Å². The summed E-state index contributed by atoms with van der Waals surface area (Å²) in [6.45, 7) is 3.40. The maximum atomic E-state index is 12.0. The molecule has 0 aromatic heterocycles. The van der Waals surface area contributed by atoms with Gasteiger partial charge in [0.2, 0.25) is 5.91 Å². The van der Waals surface area contributed by atoms with E-state index in [9.17, 15) is 9.59 Å². The van der Waals surface area contributed by atoms with E-state index in [0.29, 0.717) is 6.42 Å². The van der Waals surface area contributed by atoms with Crippen LogP contribution in [0.5, 0.6) is 5.75 Å². The molecule has 0 fully saturated rings. The fourth-order valence-electron chi connectivity index (χ4n) is 1.67. The van der Waals surface area contributed by atoms with Gasteiger partial charge in [-0.2, -0.15) is 0 Å². The van der Waals surface area contributed by atoms with Crippen LogP contribution in [0.3, 0.4) is 0 Å². The number of carboxylic acids is 1. The first-order chi connectivity index (χ1) is 9.43. The van der Waals surface area contributed by atoms with Gasteiger partial charge >= 0.3 is 5.97 Å². The normalized spacial score (nSPS) is 12.3. The van der Waals surface area contributed by atoms with Crippen molar-refractivity contribution >= 4 is 18.0 Å². The standard InChI is InChI=1S/C15H19NO4/c1-3-11(2)16(10-15(19)20)14(18)9-6-12-4-7-13(17)8-5-12/h4-9,11,17H,3,10H2,1-2H3,(H,19,20)/b9-6+. The Morgan fingerprint density at radius 3 is 2.40 bits per heavy atom. The Balaban J connectivity index is 2.79. The lowest BCUT2D eigenvalue weighted by molar-refractivity contribution is -0.144. The number of amides is 1. The molecule has 0 bridgehead atoms. The molecule has 1 amide bonds. The van der Waals surface area contributed by atoms with Crippen molar-refractivity contribution in [3.8, 4) is 5.75 Å². The Hall–Kier alpha value is -2.30. The Morgan fingerprint density at radius 2 is 1.90 bits per heavy atom. The number of aromatic hydroxyl groups is 1. The number of carbonyl (C=O) groups is 2. The number of phenols is 1. The molecule has 0 heterocycles. The van der Waals surface area contributed by atoms with Gasteiger partial charge in [0, 0.05) is 12.1 Å². The smallest absolute Gasteiger partial charge is 0.323 e. The zero-order valence-corrected chi connectivity index (χ0v) is 11.6. The number of rotatable bonds is 6. The van der Waals surface area contributed by atoms with Crippen LogP contribution in [0, 0.1) is 0 Å². The lowest BCUT2D eigenvalue weighted by atomic mass is 10.2. The van der Waals surface area contributed by atoms with E-state index in [-0.39, 0.29) is 24.2 Å². The first-order valence-electron chi connectivity index (χ1n) is 6.43. The SMILES string of the molecule is CCC(C)N(CC(=O)O)C(=O)/C=C/c1ccc(O)cc1. The molecule has 1 aromatic rings. The molecule has 20 heavy (non-hydrogen) atoms. The van der Waals surface area contributed by atoms with E-state index in [0.717, 1.165) is 5.56 Å². The van der Waals surface area contributed by atoms with Gasteiger partial charge in [-0.1, -0.05) is 19.1 Å². The van der Waals surface area contributed by atoms with Crippen molar-refractivity contribution in [1.82, 2.24) is 4.90 Å². The summed E-state index contributed by atoms with van der Waals surface area (Å²) in [4.78, 5) is 24.2. The van der Waals surface area contributed by atoms with Gasteiger partial charge in [0.1, 0.15) is 12.3 Å². The van der Waals surface area contributed by atoms with Gasteiger partial charge in [0.25, 0.3) is 0 Å². The highest BCUT2D eigenvalue weighted by atomic mass is 16.4. The minimum atomic E-state index is -1.03. The van der Waals surface area contributed by atoms with Crippen molar-refractivity contribution < 1.29 is 19.8 Å². The summed E-state index contributed by atoms with van der Waals surface area (Å²) in [7, 11) is 0. The molecule has 0 saturated heterocycles. The van der Waals surface area contributed by atoms with Crippen LogP contribution in [0.25, 0.3) is 6.08 Å². The van der Waals surface area contributed by atoms with Crippen LogP contribution in [0.1, 0.15) is 25.8 Å². The quantitative estimate of drug-likeness (QED) is 0.781. The van der Waals surface area contributed by atoms with Crippen LogP contribution in [0.4, 0.5) is 0 Å². The van der Waals surface area contributed by atoms with Crippen LogP contribution in [-0.2, 0) is 9.59 Å². The number of carboxylic acid groups (broad SMARTS) is 1. The molecular weight excluding hydrogens is 258 g/mol. The third-order valence-corrected chi connectivity index (χ3v) is 3.02. The minimum absolute atomic E-state index is 0.136. The molecule has 1 unspecified atom stereocenters. The summed E-state index contributed by atoms with van der Waals surface area (Å²) >= 11 is 0. The van der Waals surface area contributed by atoms with Crippen molar-refractivity contribution in [2.75, 3.05) is 6.54 Å². The second-order valence-electron chi connectivity index (χ2n) is 4.54. The molecule has 0 aliphatic carbocycles. The third kappa shape index (κ3) is 4.76. The largest absolute Gasteiger partial charge is 0.508 e. The predicted octanol–water partition coefficient (Wildman–Crippen LogP) is 2.12. The first-order valence-corrected chi connectivity index (χ1v) is 6.43. The monoisotopic (exact) mass is 277 g/mol. The number of phenolic OH excluding ortho intramolecular Hbond substituents is 1. The summed E-state index contributed by atoms with van der Waals surface area (Å²) in [5, 5.41) is 18.0. The van der Waals surface area contributed by atoms with Crippen molar-refractivity contribution in [2.45, 2.75) is 26.3 Å². The van der Waals surface area contributed by atoms with Crippen molar-refractivity contribution in [1.29, 1.82) is 0 Å². The van der Waals surface area contributed by atoms with Gasteiger partial charge in [0.15, 0.2) is 0 Å². The number of nitrogens with zero attached hydrogens (tertiary/aromatic N) is 1. The van der Waals surface area contributed by atoms with Gasteiger partial charge in [-0.05, 0) is 37.1 Å². The molecule has 0 aliphatic heterocycles. The molecule has 2 N–H and O–H groups in total. The Morgan fingerprint density at radius 1 is 1.30 bits per heavy atom. The molecule has 5 nitrogen and oxygen atoms in total. The summed E-state index contributed by atoms with van der Waals surface area (Å²) in [6.07, 6.45) is 3.63.